The van der Waals surface area contributed by atoms with Crippen molar-refractivity contribution < 1.29 is 24.2 Å². The summed E-state index contributed by atoms with van der Waals surface area (Å²) in [6.07, 6.45) is 4.89. The molecule has 1 aliphatic carbocycles. The van der Waals surface area contributed by atoms with Gasteiger partial charge in [0.05, 0.1) is 7.11 Å². The Bertz CT molecular complexity index is 1020. The quantitative estimate of drug-likeness (QED) is 0.756. The lowest BCUT2D eigenvalue weighted by molar-refractivity contribution is -0.142. The molecule has 6 heteroatoms. The van der Waals surface area contributed by atoms with Crippen molar-refractivity contribution in [1.82, 2.24) is 4.90 Å². The molecule has 168 valence electrons. The second-order valence-corrected chi connectivity index (χ2v) is 9.26. The van der Waals surface area contributed by atoms with E-state index in [1.165, 1.54) is 19.1 Å². The van der Waals surface area contributed by atoms with Crippen LogP contribution in [0.5, 0.6) is 5.75 Å². The van der Waals surface area contributed by atoms with Gasteiger partial charge in [0.2, 0.25) is 0 Å². The highest BCUT2D eigenvalue weighted by molar-refractivity contribution is 5.94. The number of rotatable bonds is 5. The van der Waals surface area contributed by atoms with Crippen LogP contribution in [0, 0.1) is 5.41 Å². The van der Waals surface area contributed by atoms with E-state index in [-0.39, 0.29) is 17.6 Å². The molecule has 0 radical (unpaired) electrons. The molecular weight excluding hydrogens is 406 g/mol. The number of ether oxygens (including phenoxy) is 2. The highest BCUT2D eigenvalue weighted by atomic mass is 16.5. The number of carboxylic acid groups (broad SMARTS) is 1. The normalized spacial score (nSPS) is 23.8. The van der Waals surface area contributed by atoms with Gasteiger partial charge >= 0.3 is 5.97 Å². The van der Waals surface area contributed by atoms with Crippen LogP contribution in [0.1, 0.15) is 53.9 Å². The largest absolute Gasteiger partial charge is 0.495 e. The lowest BCUT2D eigenvalue weighted by atomic mass is 9.88. The molecule has 5 rings (SSSR count). The zero-order chi connectivity index (χ0) is 22.3. The topological polar surface area (TPSA) is 76.1 Å². The first kappa shape index (κ1) is 21.0. The fraction of sp³-hybridized carbons (Fsp3) is 0.462. The summed E-state index contributed by atoms with van der Waals surface area (Å²) in [4.78, 5) is 26.1. The van der Waals surface area contributed by atoms with Crippen molar-refractivity contribution in [2.45, 2.75) is 44.1 Å². The van der Waals surface area contributed by atoms with Gasteiger partial charge in [-0.05, 0) is 60.6 Å². The van der Waals surface area contributed by atoms with E-state index in [1.54, 1.807) is 12.1 Å². The van der Waals surface area contributed by atoms with Gasteiger partial charge in [0.25, 0.3) is 5.91 Å². The molecule has 32 heavy (non-hydrogen) atoms. The number of benzene rings is 2. The summed E-state index contributed by atoms with van der Waals surface area (Å²) >= 11 is 0. The van der Waals surface area contributed by atoms with E-state index in [0.717, 1.165) is 49.9 Å². The number of piperidine rings is 1. The Morgan fingerprint density at radius 2 is 1.88 bits per heavy atom. The molecular formula is C26H29NO5. The third-order valence-electron chi connectivity index (χ3n) is 7.54. The van der Waals surface area contributed by atoms with Crippen molar-refractivity contribution in [2.75, 3.05) is 26.8 Å². The average molecular weight is 436 g/mol. The Kier molecular flexibility index (Phi) is 5.41. The maximum absolute atomic E-state index is 12.6. The van der Waals surface area contributed by atoms with Crippen LogP contribution in [0.3, 0.4) is 0 Å². The molecule has 2 heterocycles. The third-order valence-corrected chi connectivity index (χ3v) is 7.54. The first-order chi connectivity index (χ1) is 15.5. The molecule has 2 aromatic rings. The van der Waals surface area contributed by atoms with Crippen LogP contribution >= 0.6 is 0 Å². The lowest BCUT2D eigenvalue weighted by Gasteiger charge is -2.34. The van der Waals surface area contributed by atoms with Crippen LogP contribution in [0.4, 0.5) is 0 Å². The Labute approximate surface area is 188 Å². The van der Waals surface area contributed by atoms with Gasteiger partial charge in [0, 0.05) is 25.3 Å². The van der Waals surface area contributed by atoms with Crippen LogP contribution in [0.15, 0.2) is 42.5 Å². The fourth-order valence-electron chi connectivity index (χ4n) is 5.57. The molecule has 1 saturated carbocycles. The van der Waals surface area contributed by atoms with Gasteiger partial charge in [-0.2, -0.15) is 0 Å². The van der Waals surface area contributed by atoms with Crippen LogP contribution in [0.2, 0.25) is 0 Å². The van der Waals surface area contributed by atoms with Crippen LogP contribution < -0.4 is 4.74 Å². The molecule has 2 aliphatic heterocycles. The maximum atomic E-state index is 12.6. The molecule has 2 atom stereocenters. The van der Waals surface area contributed by atoms with Crippen molar-refractivity contribution in [1.29, 1.82) is 0 Å². The molecule has 0 aromatic heterocycles. The van der Waals surface area contributed by atoms with E-state index in [1.807, 2.05) is 11.0 Å². The van der Waals surface area contributed by atoms with Gasteiger partial charge in [-0.3, -0.25) is 4.79 Å². The van der Waals surface area contributed by atoms with Gasteiger partial charge in [-0.15, -0.1) is 0 Å². The van der Waals surface area contributed by atoms with Crippen LogP contribution in [-0.2, 0) is 9.53 Å². The Morgan fingerprint density at radius 1 is 1.12 bits per heavy atom. The van der Waals surface area contributed by atoms with E-state index in [2.05, 4.69) is 24.3 Å². The summed E-state index contributed by atoms with van der Waals surface area (Å²) < 4.78 is 11.0. The smallest absolute Gasteiger partial charge is 0.339 e. The van der Waals surface area contributed by atoms with Crippen molar-refractivity contribution in [3.8, 4) is 16.9 Å². The molecule has 1 amide bonds. The standard InChI is InChI=1S/C26H29NO5/c1-31-23-19(4-2-5-20(23)25(29)30)17-7-9-18(10-8-17)21-16-26(21)11-13-27(14-12-26)24(28)22-6-3-15-32-22/h2,4-5,7-10,21-22H,3,6,11-16H2,1H3,(H,29,30)/t21-,22?/m0/s1. The average Bonchev–Trinajstić information content (AvgIpc) is 3.24. The molecule has 1 unspecified atom stereocenters. The molecule has 6 nitrogen and oxygen atoms in total. The summed E-state index contributed by atoms with van der Waals surface area (Å²) in [6.45, 7) is 2.36. The Hall–Kier alpha value is -2.86. The van der Waals surface area contributed by atoms with Gasteiger partial charge in [0.15, 0.2) is 0 Å². The van der Waals surface area contributed by atoms with Crippen molar-refractivity contribution >= 4 is 11.9 Å². The molecule has 1 N–H and O–H groups in total. The van der Waals surface area contributed by atoms with Gasteiger partial charge in [-0.1, -0.05) is 36.4 Å². The minimum Gasteiger partial charge on any atom is -0.495 e. The zero-order valence-electron chi connectivity index (χ0n) is 18.4. The fourth-order valence-corrected chi connectivity index (χ4v) is 5.57. The summed E-state index contributed by atoms with van der Waals surface area (Å²) in [5.41, 5.74) is 3.53. The van der Waals surface area contributed by atoms with Crippen molar-refractivity contribution in [3.63, 3.8) is 0 Å². The van der Waals surface area contributed by atoms with Crippen molar-refractivity contribution in [2.24, 2.45) is 5.41 Å². The number of likely N-dealkylation sites (tertiary alicyclic amines) is 1. The lowest BCUT2D eigenvalue weighted by Crippen LogP contribution is -2.44. The summed E-state index contributed by atoms with van der Waals surface area (Å²) in [5, 5.41) is 9.44. The van der Waals surface area contributed by atoms with E-state index in [4.69, 9.17) is 9.47 Å². The summed E-state index contributed by atoms with van der Waals surface area (Å²) in [5.74, 6) is 0.101. The van der Waals surface area contributed by atoms with E-state index in [0.29, 0.717) is 23.7 Å². The SMILES string of the molecule is COc1c(C(=O)O)cccc1-c1ccc([C@@H]2CC23CCN(C(=O)C2CCCO2)CC3)cc1. The zero-order valence-corrected chi connectivity index (χ0v) is 18.4. The number of aromatic carboxylic acids is 1. The maximum Gasteiger partial charge on any atom is 0.339 e. The highest BCUT2D eigenvalue weighted by Gasteiger charge is 2.55. The molecule has 3 aliphatic rings. The van der Waals surface area contributed by atoms with Gasteiger partial charge < -0.3 is 19.5 Å². The third kappa shape index (κ3) is 3.66. The minimum atomic E-state index is -0.996. The molecule has 1 spiro atoms. The monoisotopic (exact) mass is 435 g/mol. The summed E-state index contributed by atoms with van der Waals surface area (Å²) in [6, 6.07) is 13.6. The molecule has 2 aromatic carbocycles. The number of hydrogen-bond acceptors (Lipinski definition) is 4. The first-order valence-corrected chi connectivity index (χ1v) is 11.4. The molecule has 2 saturated heterocycles. The van der Waals surface area contributed by atoms with Crippen molar-refractivity contribution in [3.05, 3.63) is 53.6 Å². The highest BCUT2D eigenvalue weighted by Crippen LogP contribution is 2.65. The van der Waals surface area contributed by atoms with E-state index >= 15 is 0 Å². The number of carbonyl (C=O) groups excluding carboxylic acids is 1. The number of nitrogens with zero attached hydrogens (tertiary/aromatic N) is 1. The first-order valence-electron chi connectivity index (χ1n) is 11.4. The van der Waals surface area contributed by atoms with Crippen LogP contribution in [0.25, 0.3) is 11.1 Å². The van der Waals surface area contributed by atoms with E-state index in [9.17, 15) is 14.7 Å². The second-order valence-electron chi connectivity index (χ2n) is 9.26. The van der Waals surface area contributed by atoms with Gasteiger partial charge in [0.1, 0.15) is 17.4 Å². The number of methoxy groups -OCH3 is 1. The van der Waals surface area contributed by atoms with Gasteiger partial charge in [-0.25, -0.2) is 4.79 Å². The number of amides is 1. The number of carbonyl (C=O) groups is 2. The predicted octanol–water partition coefficient (Wildman–Crippen LogP) is 4.34. The minimum absolute atomic E-state index is 0.166. The second kappa shape index (κ2) is 8.24. The van der Waals surface area contributed by atoms with E-state index < -0.39 is 5.97 Å². The number of hydrogen-bond donors (Lipinski definition) is 1. The molecule has 3 fully saturated rings. The number of carboxylic acids is 1. The summed E-state index contributed by atoms with van der Waals surface area (Å²) in [7, 11) is 1.50. The Morgan fingerprint density at radius 3 is 2.50 bits per heavy atom. The molecule has 0 bridgehead atoms. The number of para-hydroxylation sites is 1. The predicted molar refractivity (Wildman–Crippen MR) is 120 cm³/mol. The van der Waals surface area contributed by atoms with Crippen LogP contribution in [-0.4, -0.2) is 54.8 Å². The Balaban J connectivity index is 1.26.